The second kappa shape index (κ2) is 11.3. The summed E-state index contributed by atoms with van der Waals surface area (Å²) in [4.78, 5) is 13.0. The van der Waals surface area contributed by atoms with Crippen LogP contribution in [0.3, 0.4) is 0 Å². The third-order valence-corrected chi connectivity index (χ3v) is 5.40. The lowest BCUT2D eigenvalue weighted by molar-refractivity contribution is 0.102. The maximum atomic E-state index is 13.0. The van der Waals surface area contributed by atoms with Crippen molar-refractivity contribution in [1.82, 2.24) is 20.2 Å². The number of amides is 1. The van der Waals surface area contributed by atoms with Crippen LogP contribution in [0.2, 0.25) is 5.02 Å². The van der Waals surface area contributed by atoms with Crippen molar-refractivity contribution < 1.29 is 19.0 Å². The fourth-order valence-corrected chi connectivity index (χ4v) is 3.57. The van der Waals surface area contributed by atoms with E-state index in [0.717, 1.165) is 11.3 Å². The number of carbonyl (C=O) groups is 1. The largest absolute Gasteiger partial charge is 0.490 e. The number of nitrogens with zero attached hydrogens (tertiary/aromatic N) is 4. The maximum absolute atomic E-state index is 13.0. The summed E-state index contributed by atoms with van der Waals surface area (Å²) >= 11 is 6.10. The molecule has 0 radical (unpaired) electrons. The Hall–Kier alpha value is -4.11. The number of carbonyl (C=O) groups excluding carboxylic acids is 1. The molecule has 9 nitrogen and oxygen atoms in total. The third-order valence-electron chi connectivity index (χ3n) is 5.09. The molecule has 4 rings (SSSR count). The highest BCUT2D eigenvalue weighted by molar-refractivity contribution is 6.32. The quantitative estimate of drug-likeness (QED) is 0.319. The Balaban J connectivity index is 1.43. The Labute approximate surface area is 207 Å². The Bertz CT molecular complexity index is 1300. The minimum absolute atomic E-state index is 0.278. The van der Waals surface area contributed by atoms with Crippen molar-refractivity contribution in [2.75, 3.05) is 25.1 Å². The number of hydrogen-bond acceptors (Lipinski definition) is 7. The van der Waals surface area contributed by atoms with E-state index in [1.54, 1.807) is 35.0 Å². The first-order valence-electron chi connectivity index (χ1n) is 11.0. The number of tetrazole rings is 1. The molecule has 0 aliphatic carbocycles. The predicted molar refractivity (Wildman–Crippen MR) is 132 cm³/mol. The highest BCUT2D eigenvalue weighted by Crippen LogP contribution is 2.30. The Morgan fingerprint density at radius 2 is 1.77 bits per heavy atom. The van der Waals surface area contributed by atoms with Crippen LogP contribution in [-0.4, -0.2) is 45.9 Å². The van der Waals surface area contributed by atoms with E-state index in [4.69, 9.17) is 25.8 Å². The Morgan fingerprint density at radius 1 is 0.971 bits per heavy atom. The number of hydrogen-bond donors (Lipinski definition) is 1. The smallest absolute Gasteiger partial charge is 0.255 e. The van der Waals surface area contributed by atoms with Gasteiger partial charge in [-0.2, -0.15) is 0 Å². The van der Waals surface area contributed by atoms with E-state index in [9.17, 15) is 4.79 Å². The third kappa shape index (κ3) is 5.88. The molecule has 0 unspecified atom stereocenters. The van der Waals surface area contributed by atoms with Gasteiger partial charge in [-0.15, -0.1) is 5.10 Å². The van der Waals surface area contributed by atoms with Crippen molar-refractivity contribution in [1.29, 1.82) is 0 Å². The zero-order valence-corrected chi connectivity index (χ0v) is 20.0. The van der Waals surface area contributed by atoms with Crippen LogP contribution in [0.25, 0.3) is 5.69 Å². The van der Waals surface area contributed by atoms with Crippen molar-refractivity contribution in [3.63, 3.8) is 0 Å². The molecule has 0 fully saturated rings. The number of para-hydroxylation sites is 1. The molecule has 1 amide bonds. The summed E-state index contributed by atoms with van der Waals surface area (Å²) in [5, 5.41) is 14.7. The first kappa shape index (κ1) is 24.0. The standard InChI is InChI=1S/C25H24ClN5O4/c1-3-33-24-15-18(11-12-23(24)35-14-13-34-22-10-5-4-7-19(22)26)25(32)28-20-8-6-9-21(17(20)2)31-16-27-29-30-31/h4-12,15-16H,3,13-14H2,1-2H3,(H,28,32). The van der Waals surface area contributed by atoms with Crippen molar-refractivity contribution in [2.24, 2.45) is 0 Å². The molecule has 35 heavy (non-hydrogen) atoms. The number of anilines is 1. The number of nitrogens with one attached hydrogen (secondary N) is 1. The minimum Gasteiger partial charge on any atom is -0.490 e. The van der Waals surface area contributed by atoms with E-state index in [0.29, 0.717) is 46.7 Å². The van der Waals surface area contributed by atoms with Gasteiger partial charge in [0.1, 0.15) is 25.3 Å². The first-order chi connectivity index (χ1) is 17.1. The van der Waals surface area contributed by atoms with Crippen LogP contribution in [0.4, 0.5) is 5.69 Å². The van der Waals surface area contributed by atoms with E-state index in [1.165, 1.54) is 6.33 Å². The molecular formula is C25H24ClN5O4. The zero-order chi connectivity index (χ0) is 24.6. The molecule has 3 aromatic carbocycles. The monoisotopic (exact) mass is 493 g/mol. The van der Waals surface area contributed by atoms with Gasteiger partial charge in [0.25, 0.3) is 5.91 Å². The van der Waals surface area contributed by atoms with Crippen molar-refractivity contribution in [3.05, 3.63) is 83.1 Å². The lowest BCUT2D eigenvalue weighted by atomic mass is 10.1. The van der Waals surface area contributed by atoms with Gasteiger partial charge < -0.3 is 19.5 Å². The molecule has 4 aromatic rings. The highest BCUT2D eigenvalue weighted by atomic mass is 35.5. The van der Waals surface area contributed by atoms with Crippen LogP contribution in [0.5, 0.6) is 17.2 Å². The molecule has 1 heterocycles. The summed E-state index contributed by atoms with van der Waals surface area (Å²) in [6.07, 6.45) is 1.50. The van der Waals surface area contributed by atoms with Gasteiger partial charge >= 0.3 is 0 Å². The lowest BCUT2D eigenvalue weighted by Crippen LogP contribution is -2.14. The number of halogens is 1. The van der Waals surface area contributed by atoms with Gasteiger partial charge in [-0.05, 0) is 72.3 Å². The van der Waals surface area contributed by atoms with Gasteiger partial charge in [-0.1, -0.05) is 29.8 Å². The second-order valence-corrected chi connectivity index (χ2v) is 7.79. The summed E-state index contributed by atoms with van der Waals surface area (Å²) in [5.41, 5.74) is 2.68. The average molecular weight is 494 g/mol. The molecule has 180 valence electrons. The first-order valence-corrected chi connectivity index (χ1v) is 11.4. The molecule has 1 aromatic heterocycles. The van der Waals surface area contributed by atoms with E-state index in [1.807, 2.05) is 44.2 Å². The molecule has 10 heteroatoms. The van der Waals surface area contributed by atoms with Crippen LogP contribution < -0.4 is 19.5 Å². The fourth-order valence-electron chi connectivity index (χ4n) is 3.38. The van der Waals surface area contributed by atoms with Gasteiger partial charge in [0.2, 0.25) is 0 Å². The molecular weight excluding hydrogens is 470 g/mol. The summed E-state index contributed by atoms with van der Waals surface area (Å²) in [6.45, 7) is 4.75. The molecule has 0 atom stereocenters. The van der Waals surface area contributed by atoms with Crippen LogP contribution >= 0.6 is 11.6 Å². The summed E-state index contributed by atoms with van der Waals surface area (Å²) in [5.74, 6) is 1.30. The fraction of sp³-hybridized carbons (Fsp3) is 0.200. The van der Waals surface area contributed by atoms with Crippen LogP contribution in [0.1, 0.15) is 22.8 Å². The van der Waals surface area contributed by atoms with Crippen molar-refractivity contribution >= 4 is 23.2 Å². The Morgan fingerprint density at radius 3 is 2.51 bits per heavy atom. The van der Waals surface area contributed by atoms with Crippen LogP contribution in [0.15, 0.2) is 67.0 Å². The normalized spacial score (nSPS) is 10.6. The molecule has 0 aliphatic heterocycles. The zero-order valence-electron chi connectivity index (χ0n) is 19.3. The number of benzene rings is 3. The van der Waals surface area contributed by atoms with Gasteiger partial charge in [0, 0.05) is 11.3 Å². The topological polar surface area (TPSA) is 100 Å². The lowest BCUT2D eigenvalue weighted by Gasteiger charge is -2.15. The number of ether oxygens (including phenoxy) is 3. The summed E-state index contributed by atoms with van der Waals surface area (Å²) < 4.78 is 18.7. The van der Waals surface area contributed by atoms with Crippen molar-refractivity contribution in [3.8, 4) is 22.9 Å². The number of rotatable bonds is 10. The Kier molecular flexibility index (Phi) is 7.79. The maximum Gasteiger partial charge on any atom is 0.255 e. The summed E-state index contributed by atoms with van der Waals surface area (Å²) in [7, 11) is 0. The number of aromatic nitrogens is 4. The minimum atomic E-state index is -0.281. The molecule has 0 spiro atoms. The van der Waals surface area contributed by atoms with Crippen LogP contribution in [-0.2, 0) is 0 Å². The highest BCUT2D eigenvalue weighted by Gasteiger charge is 2.15. The van der Waals surface area contributed by atoms with Crippen molar-refractivity contribution in [2.45, 2.75) is 13.8 Å². The van der Waals surface area contributed by atoms with Crippen LogP contribution in [0, 0.1) is 6.92 Å². The van der Waals surface area contributed by atoms with Gasteiger partial charge in [-0.25, -0.2) is 4.68 Å². The molecule has 0 saturated carbocycles. The molecule has 0 aliphatic rings. The van der Waals surface area contributed by atoms with E-state index < -0.39 is 0 Å². The second-order valence-electron chi connectivity index (χ2n) is 7.38. The van der Waals surface area contributed by atoms with E-state index >= 15 is 0 Å². The summed E-state index contributed by atoms with van der Waals surface area (Å²) in [6, 6.07) is 17.8. The average Bonchev–Trinajstić information content (AvgIpc) is 3.40. The van der Waals surface area contributed by atoms with Gasteiger partial charge in [-0.3, -0.25) is 4.79 Å². The molecule has 1 N–H and O–H groups in total. The van der Waals surface area contributed by atoms with E-state index in [-0.39, 0.29) is 12.5 Å². The molecule has 0 saturated heterocycles. The van der Waals surface area contributed by atoms with Gasteiger partial charge in [0.15, 0.2) is 11.5 Å². The predicted octanol–water partition coefficient (Wildman–Crippen LogP) is 4.73. The van der Waals surface area contributed by atoms with E-state index in [2.05, 4.69) is 20.8 Å². The molecule has 0 bridgehead atoms. The SMILES string of the molecule is CCOc1cc(C(=O)Nc2cccc(-n3cnnn3)c2C)ccc1OCCOc1ccccc1Cl. The van der Waals surface area contributed by atoms with Gasteiger partial charge in [0.05, 0.1) is 17.3 Å².